The molecule has 0 saturated heterocycles. The normalized spacial score (nSPS) is 10.9. The summed E-state index contributed by atoms with van der Waals surface area (Å²) < 4.78 is 0. The summed E-state index contributed by atoms with van der Waals surface area (Å²) in [5, 5.41) is 13.9. The molecule has 0 bridgehead atoms. The Balaban J connectivity index is 2.67. The van der Waals surface area contributed by atoms with Gasteiger partial charge in [-0.1, -0.05) is 13.8 Å². The van der Waals surface area contributed by atoms with Crippen LogP contribution in [0.2, 0.25) is 0 Å². The zero-order valence-corrected chi connectivity index (χ0v) is 13.0. The molecule has 0 aliphatic rings. The van der Waals surface area contributed by atoms with Gasteiger partial charge in [0.2, 0.25) is 0 Å². The Morgan fingerprint density at radius 2 is 2.05 bits per heavy atom. The van der Waals surface area contributed by atoms with Crippen molar-refractivity contribution in [2.24, 2.45) is 0 Å². The fraction of sp³-hybridized carbons (Fsp3) is 0.615. The van der Waals surface area contributed by atoms with Gasteiger partial charge in [-0.05, 0) is 19.8 Å². The molecule has 0 spiro atoms. The molecule has 1 aromatic heterocycles. The van der Waals surface area contributed by atoms with E-state index < -0.39 is 5.97 Å². The number of nitrogens with zero attached hydrogens (tertiary/aromatic N) is 2. The standard InChI is InChI=1S/C13H21N3O3S/c1-8(2)10-7-20-12(14-10)15-13(19)16(9(3)4)6-5-11(17)18/h7-9H,5-6H2,1-4H3,(H,17,18)(H,14,15,19). The van der Waals surface area contributed by atoms with E-state index >= 15 is 0 Å². The lowest BCUT2D eigenvalue weighted by molar-refractivity contribution is -0.137. The van der Waals surface area contributed by atoms with Crippen LogP contribution in [-0.4, -0.2) is 39.6 Å². The van der Waals surface area contributed by atoms with Crippen molar-refractivity contribution in [3.05, 3.63) is 11.1 Å². The highest BCUT2D eigenvalue weighted by Crippen LogP contribution is 2.21. The summed E-state index contributed by atoms with van der Waals surface area (Å²) in [4.78, 5) is 28.6. The number of rotatable bonds is 6. The molecular formula is C13H21N3O3S. The minimum absolute atomic E-state index is 0.0687. The summed E-state index contributed by atoms with van der Waals surface area (Å²) in [6, 6.07) is -0.384. The van der Waals surface area contributed by atoms with Crippen molar-refractivity contribution < 1.29 is 14.7 Å². The van der Waals surface area contributed by atoms with Crippen LogP contribution in [-0.2, 0) is 4.79 Å². The second kappa shape index (κ2) is 7.23. The molecule has 0 aromatic carbocycles. The highest BCUT2D eigenvalue weighted by molar-refractivity contribution is 7.13. The van der Waals surface area contributed by atoms with Crippen LogP contribution in [0.25, 0.3) is 0 Å². The number of hydrogen-bond donors (Lipinski definition) is 2. The van der Waals surface area contributed by atoms with Crippen LogP contribution in [0.3, 0.4) is 0 Å². The largest absolute Gasteiger partial charge is 0.481 e. The number of aliphatic carboxylic acids is 1. The second-order valence-electron chi connectivity index (χ2n) is 5.09. The van der Waals surface area contributed by atoms with E-state index in [0.29, 0.717) is 11.0 Å². The highest BCUT2D eigenvalue weighted by atomic mass is 32.1. The Morgan fingerprint density at radius 1 is 1.40 bits per heavy atom. The Bertz CT molecular complexity index is 471. The van der Waals surface area contributed by atoms with E-state index in [2.05, 4.69) is 10.3 Å². The fourth-order valence-electron chi connectivity index (χ4n) is 1.58. The van der Waals surface area contributed by atoms with E-state index in [-0.39, 0.29) is 25.0 Å². The van der Waals surface area contributed by atoms with Crippen molar-refractivity contribution in [3.8, 4) is 0 Å². The minimum atomic E-state index is -0.917. The summed E-state index contributed by atoms with van der Waals surface area (Å²) in [5.41, 5.74) is 0.937. The first kappa shape index (κ1) is 16.4. The zero-order valence-electron chi connectivity index (χ0n) is 12.2. The molecule has 0 aliphatic carbocycles. The number of aromatic nitrogens is 1. The number of carbonyl (C=O) groups excluding carboxylic acids is 1. The Hall–Kier alpha value is -1.63. The molecule has 20 heavy (non-hydrogen) atoms. The van der Waals surface area contributed by atoms with Crippen molar-refractivity contribution in [3.63, 3.8) is 0 Å². The number of carboxylic acids is 1. The van der Waals surface area contributed by atoms with Crippen molar-refractivity contribution in [2.75, 3.05) is 11.9 Å². The first-order valence-electron chi connectivity index (χ1n) is 6.56. The van der Waals surface area contributed by atoms with Gasteiger partial charge in [0.05, 0.1) is 12.1 Å². The molecular weight excluding hydrogens is 278 g/mol. The maximum atomic E-state index is 12.1. The van der Waals surface area contributed by atoms with Crippen LogP contribution >= 0.6 is 11.3 Å². The smallest absolute Gasteiger partial charge is 0.323 e. The second-order valence-corrected chi connectivity index (χ2v) is 5.95. The average molecular weight is 299 g/mol. The molecule has 0 saturated carbocycles. The summed E-state index contributed by atoms with van der Waals surface area (Å²) in [6.45, 7) is 7.95. The van der Waals surface area contributed by atoms with E-state index in [1.54, 1.807) is 0 Å². The van der Waals surface area contributed by atoms with Crippen LogP contribution in [0.5, 0.6) is 0 Å². The molecule has 0 atom stereocenters. The SMILES string of the molecule is CC(C)c1csc(NC(=O)N(CCC(=O)O)C(C)C)n1. The molecule has 0 aliphatic heterocycles. The Labute approximate surface area is 122 Å². The molecule has 2 amide bonds. The highest BCUT2D eigenvalue weighted by Gasteiger charge is 2.19. The van der Waals surface area contributed by atoms with Gasteiger partial charge in [-0.3, -0.25) is 10.1 Å². The molecule has 0 fully saturated rings. The molecule has 1 aromatic rings. The van der Waals surface area contributed by atoms with Gasteiger partial charge in [0.15, 0.2) is 5.13 Å². The van der Waals surface area contributed by atoms with Gasteiger partial charge in [0.1, 0.15) is 0 Å². The number of carbonyl (C=O) groups is 2. The molecule has 0 unspecified atom stereocenters. The molecule has 1 rings (SSSR count). The first-order chi connectivity index (χ1) is 9.31. The number of urea groups is 1. The predicted molar refractivity (Wildman–Crippen MR) is 79.3 cm³/mol. The summed E-state index contributed by atoms with van der Waals surface area (Å²) in [7, 11) is 0. The predicted octanol–water partition coefficient (Wildman–Crippen LogP) is 2.98. The van der Waals surface area contributed by atoms with Crippen LogP contribution in [0.4, 0.5) is 9.93 Å². The quantitative estimate of drug-likeness (QED) is 0.846. The summed E-state index contributed by atoms with van der Waals surface area (Å²) >= 11 is 1.37. The summed E-state index contributed by atoms with van der Waals surface area (Å²) in [6.07, 6.45) is -0.0687. The number of nitrogens with one attached hydrogen (secondary N) is 1. The van der Waals surface area contributed by atoms with Crippen molar-refractivity contribution in [1.82, 2.24) is 9.88 Å². The number of thiazole rings is 1. The Kier molecular flexibility index (Phi) is 5.94. The maximum Gasteiger partial charge on any atom is 0.323 e. The van der Waals surface area contributed by atoms with Gasteiger partial charge in [0.25, 0.3) is 0 Å². The molecule has 6 nitrogen and oxygen atoms in total. The molecule has 0 radical (unpaired) electrons. The third kappa shape index (κ3) is 4.80. The van der Waals surface area contributed by atoms with Gasteiger partial charge in [0, 0.05) is 18.0 Å². The summed E-state index contributed by atoms with van der Waals surface area (Å²) in [5.74, 6) is -0.607. The monoisotopic (exact) mass is 299 g/mol. The van der Waals surface area contributed by atoms with Crippen LogP contribution < -0.4 is 5.32 Å². The van der Waals surface area contributed by atoms with Gasteiger partial charge < -0.3 is 10.0 Å². The molecule has 1 heterocycles. The number of hydrogen-bond acceptors (Lipinski definition) is 4. The van der Waals surface area contributed by atoms with Crippen LogP contribution in [0.15, 0.2) is 5.38 Å². The van der Waals surface area contributed by atoms with E-state index in [1.807, 2.05) is 33.1 Å². The lowest BCUT2D eigenvalue weighted by Gasteiger charge is -2.25. The zero-order chi connectivity index (χ0) is 15.3. The van der Waals surface area contributed by atoms with Gasteiger partial charge in [-0.2, -0.15) is 0 Å². The number of anilines is 1. The molecule has 7 heteroatoms. The van der Waals surface area contributed by atoms with Crippen molar-refractivity contribution in [2.45, 2.75) is 46.1 Å². The first-order valence-corrected chi connectivity index (χ1v) is 7.44. The van der Waals surface area contributed by atoms with E-state index in [9.17, 15) is 9.59 Å². The van der Waals surface area contributed by atoms with Gasteiger partial charge >= 0.3 is 12.0 Å². The number of amides is 2. The Morgan fingerprint density at radius 3 is 2.50 bits per heavy atom. The third-order valence-corrected chi connectivity index (χ3v) is 3.55. The van der Waals surface area contributed by atoms with E-state index in [0.717, 1.165) is 5.69 Å². The molecule has 112 valence electrons. The third-order valence-electron chi connectivity index (χ3n) is 2.78. The number of carboxylic acid groups (broad SMARTS) is 1. The average Bonchev–Trinajstić information content (AvgIpc) is 2.76. The van der Waals surface area contributed by atoms with Gasteiger partial charge in [-0.15, -0.1) is 11.3 Å². The lowest BCUT2D eigenvalue weighted by atomic mass is 10.2. The van der Waals surface area contributed by atoms with Gasteiger partial charge in [-0.25, -0.2) is 9.78 Å². The van der Waals surface area contributed by atoms with Crippen molar-refractivity contribution in [1.29, 1.82) is 0 Å². The fourth-order valence-corrected chi connectivity index (χ4v) is 2.44. The topological polar surface area (TPSA) is 82.5 Å². The van der Waals surface area contributed by atoms with Crippen molar-refractivity contribution >= 4 is 28.5 Å². The van der Waals surface area contributed by atoms with Crippen LogP contribution in [0.1, 0.15) is 45.7 Å². The lowest BCUT2D eigenvalue weighted by Crippen LogP contribution is -2.41. The van der Waals surface area contributed by atoms with E-state index in [4.69, 9.17) is 5.11 Å². The minimum Gasteiger partial charge on any atom is -0.481 e. The molecule has 2 N–H and O–H groups in total. The maximum absolute atomic E-state index is 12.1. The van der Waals surface area contributed by atoms with E-state index in [1.165, 1.54) is 16.2 Å². The van der Waals surface area contributed by atoms with Crippen LogP contribution in [0, 0.1) is 0 Å².